The molecule has 100 valence electrons. The molecule has 3 N–H and O–H groups in total. The van der Waals surface area contributed by atoms with Crippen LogP contribution in [-0.2, 0) is 5.60 Å². The lowest BCUT2D eigenvalue weighted by Crippen LogP contribution is -2.47. The largest absolute Gasteiger partial charge is 0.385 e. The minimum atomic E-state index is -1.07. The van der Waals surface area contributed by atoms with Crippen molar-refractivity contribution in [2.75, 3.05) is 6.54 Å². The van der Waals surface area contributed by atoms with E-state index in [1.165, 1.54) is 12.1 Å². The van der Waals surface area contributed by atoms with Gasteiger partial charge < -0.3 is 10.8 Å². The van der Waals surface area contributed by atoms with Gasteiger partial charge in [-0.2, -0.15) is 0 Å². The van der Waals surface area contributed by atoms with Crippen LogP contribution >= 0.6 is 0 Å². The summed E-state index contributed by atoms with van der Waals surface area (Å²) in [6.07, 6.45) is 2.86. The molecule has 1 aromatic rings. The lowest BCUT2D eigenvalue weighted by Gasteiger charge is -2.43. The van der Waals surface area contributed by atoms with Gasteiger partial charge in [0.2, 0.25) is 0 Å². The number of nitrogens with two attached hydrogens (primary N) is 1. The van der Waals surface area contributed by atoms with Gasteiger partial charge in [-0.1, -0.05) is 19.1 Å². The Morgan fingerprint density at radius 2 is 2.28 bits per heavy atom. The quantitative estimate of drug-likeness (QED) is 0.867. The van der Waals surface area contributed by atoms with Gasteiger partial charge in [0.1, 0.15) is 5.82 Å². The van der Waals surface area contributed by atoms with Gasteiger partial charge >= 0.3 is 0 Å². The molecule has 0 spiro atoms. The first kappa shape index (κ1) is 13.5. The average molecular weight is 251 g/mol. The molecule has 3 unspecified atom stereocenters. The average Bonchev–Trinajstić information content (AvgIpc) is 2.72. The normalized spacial score (nSPS) is 31.3. The molecule has 1 fully saturated rings. The molecule has 1 aromatic carbocycles. The molecule has 2 nitrogen and oxygen atoms in total. The van der Waals surface area contributed by atoms with E-state index in [0.717, 1.165) is 19.3 Å². The molecule has 1 saturated carbocycles. The minimum absolute atomic E-state index is 0.314. The summed E-state index contributed by atoms with van der Waals surface area (Å²) in [4.78, 5) is 0. The van der Waals surface area contributed by atoms with E-state index >= 15 is 0 Å². The first-order valence-electron chi connectivity index (χ1n) is 6.60. The molecule has 0 aromatic heterocycles. The molecular weight excluding hydrogens is 229 g/mol. The predicted octanol–water partition coefficient (Wildman–Crippen LogP) is 2.80. The van der Waals surface area contributed by atoms with E-state index in [4.69, 9.17) is 5.73 Å². The Bertz CT molecular complexity index is 432. The van der Waals surface area contributed by atoms with Crippen LogP contribution in [0.4, 0.5) is 4.39 Å². The smallest absolute Gasteiger partial charge is 0.123 e. The maximum Gasteiger partial charge on any atom is 0.123 e. The number of halogens is 1. The molecule has 1 aliphatic carbocycles. The summed E-state index contributed by atoms with van der Waals surface area (Å²) in [5.41, 5.74) is 5.16. The van der Waals surface area contributed by atoms with Crippen molar-refractivity contribution in [3.8, 4) is 0 Å². The van der Waals surface area contributed by atoms with Crippen molar-refractivity contribution >= 4 is 0 Å². The molecule has 0 aliphatic heterocycles. The number of rotatable bonds is 3. The zero-order valence-electron chi connectivity index (χ0n) is 11.1. The van der Waals surface area contributed by atoms with E-state index in [9.17, 15) is 9.50 Å². The van der Waals surface area contributed by atoms with Crippen LogP contribution in [-0.4, -0.2) is 11.7 Å². The molecule has 2 rings (SSSR count). The third kappa shape index (κ3) is 2.06. The predicted molar refractivity (Wildman–Crippen MR) is 70.5 cm³/mol. The summed E-state index contributed by atoms with van der Waals surface area (Å²) in [7, 11) is 0. The lowest BCUT2D eigenvalue weighted by atomic mass is 9.67. The Morgan fingerprint density at radius 1 is 1.56 bits per heavy atom. The molecule has 1 aliphatic rings. The summed E-state index contributed by atoms with van der Waals surface area (Å²) in [6, 6.07) is 6.23. The Balaban J connectivity index is 2.40. The third-order valence-corrected chi connectivity index (χ3v) is 4.67. The van der Waals surface area contributed by atoms with Gasteiger partial charge in [-0.15, -0.1) is 0 Å². The molecule has 18 heavy (non-hydrogen) atoms. The molecule has 0 heterocycles. The highest BCUT2D eigenvalue weighted by Gasteiger charge is 2.50. The van der Waals surface area contributed by atoms with Crippen molar-refractivity contribution in [3.63, 3.8) is 0 Å². The maximum atomic E-state index is 13.3. The lowest BCUT2D eigenvalue weighted by molar-refractivity contribution is -0.0713. The first-order chi connectivity index (χ1) is 8.41. The number of aliphatic hydroxyl groups is 1. The summed E-state index contributed by atoms with van der Waals surface area (Å²) in [5.74, 6) is 0.250. The monoisotopic (exact) mass is 251 g/mol. The van der Waals surface area contributed by atoms with Crippen LogP contribution in [0.3, 0.4) is 0 Å². The second-order valence-electron chi connectivity index (χ2n) is 5.91. The highest BCUT2D eigenvalue weighted by molar-refractivity contribution is 5.26. The number of benzene rings is 1. The summed E-state index contributed by atoms with van der Waals surface area (Å²) < 4.78 is 13.3. The van der Waals surface area contributed by atoms with Crippen LogP contribution in [0.2, 0.25) is 0 Å². The van der Waals surface area contributed by atoms with Crippen molar-refractivity contribution < 1.29 is 9.50 Å². The van der Waals surface area contributed by atoms with Crippen LogP contribution < -0.4 is 5.73 Å². The van der Waals surface area contributed by atoms with E-state index < -0.39 is 5.60 Å². The van der Waals surface area contributed by atoms with Crippen molar-refractivity contribution in [3.05, 3.63) is 35.6 Å². The van der Waals surface area contributed by atoms with Crippen molar-refractivity contribution in [1.29, 1.82) is 0 Å². The molecule has 0 saturated heterocycles. The fourth-order valence-corrected chi connectivity index (χ4v) is 3.32. The van der Waals surface area contributed by atoms with Gasteiger partial charge in [0.25, 0.3) is 0 Å². The van der Waals surface area contributed by atoms with Crippen LogP contribution in [0.15, 0.2) is 24.3 Å². The van der Waals surface area contributed by atoms with E-state index in [1.807, 2.05) is 0 Å². The maximum absolute atomic E-state index is 13.3. The zero-order valence-corrected chi connectivity index (χ0v) is 11.1. The van der Waals surface area contributed by atoms with E-state index in [-0.39, 0.29) is 11.2 Å². The Morgan fingerprint density at radius 3 is 2.78 bits per heavy atom. The second-order valence-corrected chi connectivity index (χ2v) is 5.91. The Hall–Kier alpha value is -0.930. The molecule has 3 atom stereocenters. The number of hydrogen-bond acceptors (Lipinski definition) is 2. The van der Waals surface area contributed by atoms with Crippen molar-refractivity contribution in [2.24, 2.45) is 17.1 Å². The van der Waals surface area contributed by atoms with Gasteiger partial charge in [-0.05, 0) is 49.8 Å². The van der Waals surface area contributed by atoms with Gasteiger partial charge in [-0.25, -0.2) is 4.39 Å². The van der Waals surface area contributed by atoms with Crippen LogP contribution in [0.25, 0.3) is 0 Å². The van der Waals surface area contributed by atoms with Gasteiger partial charge in [0, 0.05) is 12.0 Å². The molecular formula is C15H22FNO. The van der Waals surface area contributed by atoms with E-state index in [2.05, 4.69) is 6.92 Å². The van der Waals surface area contributed by atoms with Crippen LogP contribution in [0.1, 0.15) is 38.7 Å². The van der Waals surface area contributed by atoms with E-state index in [1.54, 1.807) is 19.1 Å². The molecule has 0 amide bonds. The van der Waals surface area contributed by atoms with Crippen molar-refractivity contribution in [2.45, 2.75) is 38.7 Å². The van der Waals surface area contributed by atoms with Gasteiger partial charge in [0.05, 0.1) is 5.60 Å². The van der Waals surface area contributed by atoms with E-state index in [0.29, 0.717) is 18.0 Å². The minimum Gasteiger partial charge on any atom is -0.385 e. The second kappa shape index (κ2) is 4.63. The van der Waals surface area contributed by atoms with Gasteiger partial charge in [-0.3, -0.25) is 0 Å². The highest BCUT2D eigenvalue weighted by Crippen LogP contribution is 2.52. The highest BCUT2D eigenvalue weighted by atomic mass is 19.1. The standard InChI is InChI=1S/C15H22FNO/c1-11-6-7-15(9-11,10-17)14(2,18)12-4-3-5-13(16)8-12/h3-5,8,11,18H,6-7,9-10,17H2,1-2H3. The Labute approximate surface area is 108 Å². The summed E-state index contributed by atoms with van der Waals surface area (Å²) >= 11 is 0. The van der Waals surface area contributed by atoms with Crippen LogP contribution in [0.5, 0.6) is 0 Å². The SMILES string of the molecule is CC1CCC(CN)(C(C)(O)c2cccc(F)c2)C1. The molecule has 3 heteroatoms. The molecule has 0 bridgehead atoms. The fourth-order valence-electron chi connectivity index (χ4n) is 3.32. The summed E-state index contributed by atoms with van der Waals surface area (Å²) in [5, 5.41) is 10.9. The zero-order chi connectivity index (χ0) is 13.4. The first-order valence-corrected chi connectivity index (χ1v) is 6.60. The van der Waals surface area contributed by atoms with Crippen LogP contribution in [0, 0.1) is 17.2 Å². The number of hydrogen-bond donors (Lipinski definition) is 2. The molecule has 0 radical (unpaired) electrons. The third-order valence-electron chi connectivity index (χ3n) is 4.67. The van der Waals surface area contributed by atoms with Crippen molar-refractivity contribution in [1.82, 2.24) is 0 Å². The van der Waals surface area contributed by atoms with Gasteiger partial charge in [0.15, 0.2) is 0 Å². The Kier molecular flexibility index (Phi) is 3.47. The summed E-state index contributed by atoms with van der Waals surface area (Å²) in [6.45, 7) is 4.38. The topological polar surface area (TPSA) is 46.2 Å². The fraction of sp³-hybridized carbons (Fsp3) is 0.600.